The van der Waals surface area contributed by atoms with Crippen molar-refractivity contribution in [2.24, 2.45) is 5.92 Å². The third-order valence-corrected chi connectivity index (χ3v) is 7.75. The van der Waals surface area contributed by atoms with Gasteiger partial charge in [0.1, 0.15) is 17.3 Å². The van der Waals surface area contributed by atoms with E-state index in [2.05, 4.69) is 42.6 Å². The van der Waals surface area contributed by atoms with Crippen molar-refractivity contribution >= 4 is 65.0 Å². The predicted octanol–water partition coefficient (Wildman–Crippen LogP) is 4.05. The summed E-state index contributed by atoms with van der Waals surface area (Å²) in [6.07, 6.45) is 6.10. The zero-order chi connectivity index (χ0) is 24.5. The van der Waals surface area contributed by atoms with Crippen molar-refractivity contribution in [3.8, 4) is 5.75 Å². The van der Waals surface area contributed by atoms with Crippen molar-refractivity contribution in [1.29, 1.82) is 0 Å². The van der Waals surface area contributed by atoms with Crippen molar-refractivity contribution in [3.05, 3.63) is 51.5 Å². The third-order valence-electron chi connectivity index (χ3n) is 5.12. The third kappa shape index (κ3) is 5.69. The highest BCUT2D eigenvalue weighted by atomic mass is 127. The minimum absolute atomic E-state index is 0.0402. The van der Waals surface area contributed by atoms with Crippen LogP contribution in [0.3, 0.4) is 0 Å². The number of nitrogens with one attached hydrogen (secondary N) is 1. The molecular weight excluding hydrogens is 598 g/mol. The molecule has 0 aliphatic heterocycles. The van der Waals surface area contributed by atoms with Gasteiger partial charge < -0.3 is 19.9 Å². The van der Waals surface area contributed by atoms with Crippen LogP contribution in [0.25, 0.3) is 11.2 Å². The van der Waals surface area contributed by atoms with Gasteiger partial charge in [0, 0.05) is 9.49 Å². The summed E-state index contributed by atoms with van der Waals surface area (Å²) in [6.45, 7) is 1.41. The number of fused-ring (bicyclic) bond motifs is 1. The number of halogens is 2. The molecule has 14 heteroatoms. The van der Waals surface area contributed by atoms with E-state index in [9.17, 15) is 14.5 Å². The van der Waals surface area contributed by atoms with E-state index in [4.69, 9.17) is 26.4 Å². The molecule has 1 aromatic carbocycles. The van der Waals surface area contributed by atoms with Crippen LogP contribution < -0.4 is 15.3 Å². The van der Waals surface area contributed by atoms with Gasteiger partial charge in [-0.25, -0.2) is 9.55 Å². The molecule has 0 saturated carbocycles. The molecule has 4 rings (SSSR count). The number of carboxylic acid groups (broad SMARTS) is 1. The quantitative estimate of drug-likeness (QED) is 0.138. The van der Waals surface area contributed by atoms with Crippen LogP contribution >= 0.6 is 41.9 Å². The summed E-state index contributed by atoms with van der Waals surface area (Å²) in [4.78, 5) is 23.7. The largest absolute Gasteiger partial charge is 0.480 e. The maximum absolute atomic E-state index is 13.4. The molecule has 0 saturated heterocycles. The highest BCUT2D eigenvalue weighted by Gasteiger charge is 2.33. The van der Waals surface area contributed by atoms with Crippen LogP contribution in [0.4, 0.5) is 5.95 Å². The first-order chi connectivity index (χ1) is 16.1. The first-order valence-corrected chi connectivity index (χ1v) is 13.2. The lowest BCUT2D eigenvalue weighted by molar-refractivity contribution is -0.138. The van der Waals surface area contributed by atoms with Crippen LogP contribution in [0.2, 0.25) is 5.15 Å². The van der Waals surface area contributed by atoms with Crippen LogP contribution in [-0.4, -0.2) is 43.2 Å². The van der Waals surface area contributed by atoms with Crippen LogP contribution in [0.15, 0.2) is 42.7 Å². The lowest BCUT2D eigenvalue weighted by Gasteiger charge is -2.23. The second-order valence-corrected chi connectivity index (χ2v) is 11.0. The number of nitrogens with two attached hydrogens (primary N) is 1. The monoisotopic (exact) mass is 618 g/mol. The van der Waals surface area contributed by atoms with Crippen LogP contribution in [0.1, 0.15) is 19.4 Å². The van der Waals surface area contributed by atoms with E-state index in [-0.39, 0.29) is 29.7 Å². The molecule has 2 heterocycles. The number of carbonyl (C=O) groups is 1. The fraction of sp³-hybridized carbons (Fsp3) is 0.300. The van der Waals surface area contributed by atoms with Crippen LogP contribution in [-0.2, 0) is 13.9 Å². The predicted molar refractivity (Wildman–Crippen MR) is 135 cm³/mol. The molecule has 4 atom stereocenters. The number of hydrogen-bond acceptors (Lipinski definition) is 8. The maximum Gasteiger partial charge on any atom is 0.459 e. The molecule has 11 nitrogen and oxygen atoms in total. The van der Waals surface area contributed by atoms with Gasteiger partial charge in [-0.1, -0.05) is 23.8 Å². The molecule has 1 unspecified atom stereocenters. The molecule has 0 bridgehead atoms. The number of hydrogen-bond donors (Lipinski definition) is 3. The summed E-state index contributed by atoms with van der Waals surface area (Å²) in [6, 6.07) is 5.59. The number of imidazole rings is 1. The van der Waals surface area contributed by atoms with E-state index in [1.54, 1.807) is 30.6 Å². The second-order valence-electron chi connectivity index (χ2n) is 7.67. The summed E-state index contributed by atoms with van der Waals surface area (Å²) in [7, 11) is -3.99. The summed E-state index contributed by atoms with van der Waals surface area (Å²) >= 11 is 8.24. The average Bonchev–Trinajstić information content (AvgIpc) is 3.41. The number of aromatic nitrogens is 4. The van der Waals surface area contributed by atoms with Gasteiger partial charge >= 0.3 is 13.7 Å². The number of rotatable bonds is 9. The smallest absolute Gasteiger partial charge is 0.459 e. The van der Waals surface area contributed by atoms with Crippen molar-refractivity contribution in [1.82, 2.24) is 24.6 Å². The Morgan fingerprint density at radius 1 is 1.38 bits per heavy atom. The minimum atomic E-state index is -3.99. The Bertz CT molecular complexity index is 1290. The Hall–Kier alpha value is -2.25. The molecule has 1 aliphatic carbocycles. The molecule has 0 fully saturated rings. The maximum atomic E-state index is 13.4. The van der Waals surface area contributed by atoms with Gasteiger partial charge in [-0.2, -0.15) is 15.1 Å². The molecule has 2 aromatic heterocycles. The van der Waals surface area contributed by atoms with Gasteiger partial charge in [-0.3, -0.25) is 9.32 Å². The van der Waals surface area contributed by atoms with Crippen LogP contribution in [0.5, 0.6) is 5.75 Å². The lowest BCUT2D eigenvalue weighted by Crippen LogP contribution is -2.33. The van der Waals surface area contributed by atoms with E-state index in [0.29, 0.717) is 23.3 Å². The fourth-order valence-corrected chi connectivity index (χ4v) is 5.56. The van der Waals surface area contributed by atoms with Gasteiger partial charge in [0.2, 0.25) is 5.95 Å². The van der Waals surface area contributed by atoms with Gasteiger partial charge in [-0.15, -0.1) is 0 Å². The number of benzene rings is 1. The Morgan fingerprint density at radius 2 is 2.12 bits per heavy atom. The summed E-state index contributed by atoms with van der Waals surface area (Å²) in [5, 5.41) is 11.9. The van der Waals surface area contributed by atoms with Gasteiger partial charge in [0.05, 0.1) is 19.0 Å². The van der Waals surface area contributed by atoms with Crippen molar-refractivity contribution < 1.29 is 23.5 Å². The summed E-state index contributed by atoms with van der Waals surface area (Å²) in [5.74, 6) is -0.948. The Morgan fingerprint density at radius 3 is 2.82 bits per heavy atom. The number of aliphatic carboxylic acids is 1. The molecule has 0 amide bonds. The molecule has 0 radical (unpaired) electrons. The van der Waals surface area contributed by atoms with Crippen molar-refractivity contribution in [3.63, 3.8) is 0 Å². The van der Waals surface area contributed by atoms with Crippen molar-refractivity contribution in [2.45, 2.75) is 25.4 Å². The molecule has 34 heavy (non-hydrogen) atoms. The van der Waals surface area contributed by atoms with E-state index in [1.165, 1.54) is 6.92 Å². The van der Waals surface area contributed by atoms with Gasteiger partial charge in [-0.05, 0) is 60.2 Å². The SMILES string of the molecule is C[C@H](NP(=O)(OC[C@@H]1C=C[C@H](n2cnc3c(Cl)nc(N)nc32)C1)Oc1ccc(I)cc1)C(=O)O. The highest BCUT2D eigenvalue weighted by Crippen LogP contribution is 2.46. The highest BCUT2D eigenvalue weighted by molar-refractivity contribution is 14.1. The molecule has 4 N–H and O–H groups in total. The van der Waals surface area contributed by atoms with Gasteiger partial charge in [0.25, 0.3) is 0 Å². The molecule has 0 spiro atoms. The van der Waals surface area contributed by atoms with E-state index in [1.807, 2.05) is 16.7 Å². The first kappa shape index (κ1) is 24.9. The minimum Gasteiger partial charge on any atom is -0.480 e. The Kier molecular flexibility index (Phi) is 7.43. The fourth-order valence-electron chi connectivity index (χ4n) is 3.43. The Balaban J connectivity index is 1.46. The average molecular weight is 619 g/mol. The number of anilines is 1. The molecular formula is C20H21ClIN6O5P. The number of carboxylic acids is 1. The second kappa shape index (κ2) is 10.2. The van der Waals surface area contributed by atoms with Gasteiger partial charge in [0.15, 0.2) is 10.8 Å². The molecule has 3 aromatic rings. The first-order valence-electron chi connectivity index (χ1n) is 10.2. The normalized spacial score (nSPS) is 20.3. The Labute approximate surface area is 213 Å². The van der Waals surface area contributed by atoms with E-state index in [0.717, 1.165) is 3.57 Å². The summed E-state index contributed by atoms with van der Waals surface area (Å²) < 4.78 is 27.5. The lowest BCUT2D eigenvalue weighted by atomic mass is 10.1. The number of nitrogens with zero attached hydrogens (tertiary/aromatic N) is 4. The summed E-state index contributed by atoms with van der Waals surface area (Å²) in [5.41, 5.74) is 6.69. The topological polar surface area (TPSA) is 154 Å². The zero-order valence-electron chi connectivity index (χ0n) is 17.8. The van der Waals surface area contributed by atoms with Crippen LogP contribution in [0, 0.1) is 9.49 Å². The number of allylic oxidation sites excluding steroid dienone is 1. The number of nitrogen functional groups attached to an aromatic ring is 1. The van der Waals surface area contributed by atoms with Crippen molar-refractivity contribution in [2.75, 3.05) is 12.3 Å². The standard InChI is InChI=1S/C20H21ClIN6O5P/c1-11(19(29)30)27-34(31,33-15-6-3-13(22)4-7-15)32-9-12-2-5-14(8-12)28-10-24-16-17(21)25-20(23)26-18(16)28/h2-7,10-12,14H,8-9H2,1H3,(H,27,31)(H,29,30)(H2,23,25,26)/t11-,12+,14-,34?/m0/s1. The van der Waals surface area contributed by atoms with E-state index >= 15 is 0 Å². The molecule has 1 aliphatic rings. The zero-order valence-corrected chi connectivity index (χ0v) is 21.6. The molecule has 180 valence electrons. The van der Waals surface area contributed by atoms with E-state index < -0.39 is 19.8 Å².